The van der Waals surface area contributed by atoms with Crippen molar-refractivity contribution in [2.45, 2.75) is 18.9 Å². The monoisotopic (exact) mass is 200 g/mol. The van der Waals surface area contributed by atoms with Gasteiger partial charge in [-0.15, -0.1) is 0 Å². The summed E-state index contributed by atoms with van der Waals surface area (Å²) in [7, 11) is 1.44. The maximum absolute atomic E-state index is 11.2. The molecule has 1 heterocycles. The Kier molecular flexibility index (Phi) is 3.06. The first-order chi connectivity index (χ1) is 6.56. The number of carbonyl (C=O) groups is 3. The summed E-state index contributed by atoms with van der Waals surface area (Å²) in [6.45, 7) is -0.174. The zero-order valence-corrected chi connectivity index (χ0v) is 7.82. The molecule has 0 aromatic rings. The van der Waals surface area contributed by atoms with Gasteiger partial charge in [-0.25, -0.2) is 4.79 Å². The molecular formula is C8H12N2O4. The van der Waals surface area contributed by atoms with Crippen LogP contribution in [0.25, 0.3) is 0 Å². The molecule has 1 atom stereocenters. The number of nitrogens with one attached hydrogen (secondary N) is 1. The van der Waals surface area contributed by atoms with Crippen LogP contribution >= 0.6 is 0 Å². The van der Waals surface area contributed by atoms with E-state index in [-0.39, 0.29) is 31.2 Å². The third kappa shape index (κ3) is 2.01. The quantitative estimate of drug-likeness (QED) is 0.599. The summed E-state index contributed by atoms with van der Waals surface area (Å²) in [4.78, 5) is 34.0. The summed E-state index contributed by atoms with van der Waals surface area (Å²) < 4.78 is 0. The smallest absolute Gasteiger partial charge is 0.326 e. The van der Waals surface area contributed by atoms with Gasteiger partial charge in [-0.1, -0.05) is 0 Å². The third-order valence-electron chi connectivity index (χ3n) is 2.21. The van der Waals surface area contributed by atoms with Crippen molar-refractivity contribution in [2.24, 2.45) is 0 Å². The van der Waals surface area contributed by atoms with Gasteiger partial charge in [-0.2, -0.15) is 0 Å². The Bertz CT molecular complexity index is 277. The summed E-state index contributed by atoms with van der Waals surface area (Å²) in [5.74, 6) is -1.69. The minimum Gasteiger partial charge on any atom is -0.480 e. The summed E-state index contributed by atoms with van der Waals surface area (Å²) in [6, 6.07) is -0.847. The highest BCUT2D eigenvalue weighted by molar-refractivity contribution is 5.91. The minimum atomic E-state index is -1.06. The molecule has 14 heavy (non-hydrogen) atoms. The van der Waals surface area contributed by atoms with E-state index in [1.807, 2.05) is 0 Å². The lowest BCUT2D eigenvalue weighted by Crippen LogP contribution is -2.44. The normalized spacial score (nSPS) is 21.1. The number of hydrogen-bond acceptors (Lipinski definition) is 3. The maximum atomic E-state index is 11.2. The summed E-state index contributed by atoms with van der Waals surface area (Å²) in [6.07, 6.45) is 0.485. The number of aliphatic carboxylic acids is 1. The first-order valence-electron chi connectivity index (χ1n) is 4.29. The summed E-state index contributed by atoms with van der Waals surface area (Å²) in [5.41, 5.74) is 0. The van der Waals surface area contributed by atoms with E-state index in [2.05, 4.69) is 5.32 Å². The molecule has 0 aliphatic carbocycles. The zero-order chi connectivity index (χ0) is 10.7. The van der Waals surface area contributed by atoms with Crippen LogP contribution in [0.15, 0.2) is 0 Å². The van der Waals surface area contributed by atoms with Gasteiger partial charge in [-0.3, -0.25) is 9.59 Å². The molecule has 0 radical (unpaired) electrons. The van der Waals surface area contributed by atoms with Gasteiger partial charge in [0.25, 0.3) is 0 Å². The zero-order valence-electron chi connectivity index (χ0n) is 7.82. The first-order valence-corrected chi connectivity index (χ1v) is 4.29. The van der Waals surface area contributed by atoms with Gasteiger partial charge in [0.2, 0.25) is 11.8 Å². The van der Waals surface area contributed by atoms with Crippen LogP contribution in [0.1, 0.15) is 12.8 Å². The predicted molar refractivity (Wildman–Crippen MR) is 46.4 cm³/mol. The molecule has 1 rings (SSSR count). The number of carbonyl (C=O) groups excluding carboxylic acids is 2. The van der Waals surface area contributed by atoms with Gasteiger partial charge in [-0.05, 0) is 6.42 Å². The molecule has 2 N–H and O–H groups in total. The van der Waals surface area contributed by atoms with Crippen LogP contribution < -0.4 is 5.32 Å². The molecule has 0 saturated carbocycles. The number of rotatable bonds is 3. The van der Waals surface area contributed by atoms with E-state index < -0.39 is 12.0 Å². The largest absolute Gasteiger partial charge is 0.480 e. The van der Waals surface area contributed by atoms with Crippen LogP contribution in [-0.4, -0.2) is 47.4 Å². The van der Waals surface area contributed by atoms with Crippen molar-refractivity contribution in [3.8, 4) is 0 Å². The van der Waals surface area contributed by atoms with Crippen LogP contribution in [0.4, 0.5) is 0 Å². The Balaban J connectivity index is 2.67. The maximum Gasteiger partial charge on any atom is 0.326 e. The average molecular weight is 200 g/mol. The molecule has 0 aromatic carbocycles. The number of nitrogens with zero attached hydrogens (tertiary/aromatic N) is 1. The summed E-state index contributed by atoms with van der Waals surface area (Å²) >= 11 is 0. The molecule has 6 heteroatoms. The summed E-state index contributed by atoms with van der Waals surface area (Å²) in [5, 5.41) is 11.1. The Morgan fingerprint density at radius 2 is 2.29 bits per heavy atom. The lowest BCUT2D eigenvalue weighted by atomic mass is 10.2. The minimum absolute atomic E-state index is 0.174. The number of carboxylic acids is 1. The fraction of sp³-hybridized carbons (Fsp3) is 0.625. The predicted octanol–water partition coefficient (Wildman–Crippen LogP) is -1.19. The van der Waals surface area contributed by atoms with E-state index in [1.54, 1.807) is 0 Å². The second-order valence-corrected chi connectivity index (χ2v) is 3.09. The molecule has 1 unspecified atom stereocenters. The van der Waals surface area contributed by atoms with Crippen LogP contribution in [0.3, 0.4) is 0 Å². The van der Waals surface area contributed by atoms with Gasteiger partial charge in [0.05, 0.1) is 0 Å². The third-order valence-corrected chi connectivity index (χ3v) is 2.21. The molecular weight excluding hydrogens is 188 g/mol. The number of amides is 2. The molecule has 78 valence electrons. The van der Waals surface area contributed by atoms with Crippen LogP contribution in [0.5, 0.6) is 0 Å². The van der Waals surface area contributed by atoms with Crippen molar-refractivity contribution in [1.29, 1.82) is 0 Å². The average Bonchev–Trinajstić information content (AvgIpc) is 2.48. The van der Waals surface area contributed by atoms with Gasteiger partial charge >= 0.3 is 5.97 Å². The fourth-order valence-corrected chi connectivity index (χ4v) is 1.42. The van der Waals surface area contributed by atoms with Crippen molar-refractivity contribution in [3.63, 3.8) is 0 Å². The second kappa shape index (κ2) is 4.08. The van der Waals surface area contributed by atoms with Gasteiger partial charge in [0.1, 0.15) is 12.6 Å². The van der Waals surface area contributed by atoms with Crippen LogP contribution in [0.2, 0.25) is 0 Å². The highest BCUT2D eigenvalue weighted by Crippen LogP contribution is 2.18. The van der Waals surface area contributed by atoms with Gasteiger partial charge < -0.3 is 15.3 Å². The Labute approximate surface area is 80.9 Å². The SMILES string of the molecule is CNC(=O)CN1C(=O)CCC1C(=O)O. The van der Waals surface area contributed by atoms with Crippen molar-refractivity contribution < 1.29 is 19.5 Å². The van der Waals surface area contributed by atoms with Gasteiger partial charge in [0.15, 0.2) is 0 Å². The van der Waals surface area contributed by atoms with E-state index in [9.17, 15) is 14.4 Å². The number of likely N-dealkylation sites (N-methyl/N-ethyl adjacent to an activating group) is 1. The van der Waals surface area contributed by atoms with Crippen LogP contribution in [-0.2, 0) is 14.4 Å². The molecule has 0 bridgehead atoms. The Morgan fingerprint density at radius 1 is 1.64 bits per heavy atom. The van der Waals surface area contributed by atoms with E-state index >= 15 is 0 Å². The molecule has 1 fully saturated rings. The Hall–Kier alpha value is -1.59. The lowest BCUT2D eigenvalue weighted by molar-refractivity contribution is -0.147. The highest BCUT2D eigenvalue weighted by atomic mass is 16.4. The molecule has 6 nitrogen and oxygen atoms in total. The topological polar surface area (TPSA) is 86.7 Å². The standard InChI is InChI=1S/C8H12N2O4/c1-9-6(11)4-10-5(8(13)14)2-3-7(10)12/h5H,2-4H2,1H3,(H,9,11)(H,13,14). The lowest BCUT2D eigenvalue weighted by Gasteiger charge is -2.20. The van der Waals surface area contributed by atoms with E-state index in [0.29, 0.717) is 0 Å². The number of hydrogen-bond donors (Lipinski definition) is 2. The molecule has 1 aliphatic rings. The Morgan fingerprint density at radius 3 is 2.79 bits per heavy atom. The molecule has 0 spiro atoms. The van der Waals surface area contributed by atoms with Crippen molar-refractivity contribution in [1.82, 2.24) is 10.2 Å². The van der Waals surface area contributed by atoms with Crippen LogP contribution in [0, 0.1) is 0 Å². The second-order valence-electron chi connectivity index (χ2n) is 3.09. The highest BCUT2D eigenvalue weighted by Gasteiger charge is 2.36. The molecule has 2 amide bonds. The van der Waals surface area contributed by atoms with E-state index in [1.165, 1.54) is 7.05 Å². The van der Waals surface area contributed by atoms with E-state index in [4.69, 9.17) is 5.11 Å². The molecule has 1 aliphatic heterocycles. The van der Waals surface area contributed by atoms with E-state index in [0.717, 1.165) is 4.90 Å². The fourth-order valence-electron chi connectivity index (χ4n) is 1.42. The number of likely N-dealkylation sites (tertiary alicyclic amines) is 1. The van der Waals surface area contributed by atoms with Crippen molar-refractivity contribution >= 4 is 17.8 Å². The van der Waals surface area contributed by atoms with Crippen molar-refractivity contribution in [2.75, 3.05) is 13.6 Å². The first kappa shape index (κ1) is 10.5. The van der Waals surface area contributed by atoms with Crippen molar-refractivity contribution in [3.05, 3.63) is 0 Å². The van der Waals surface area contributed by atoms with Gasteiger partial charge in [0, 0.05) is 13.5 Å². The number of carboxylic acid groups (broad SMARTS) is 1. The molecule has 1 saturated heterocycles. The molecule has 0 aromatic heterocycles.